The van der Waals surface area contributed by atoms with Gasteiger partial charge in [0.05, 0.1) is 13.2 Å². The van der Waals surface area contributed by atoms with E-state index in [-0.39, 0.29) is 12.4 Å². The minimum absolute atomic E-state index is 0.122. The van der Waals surface area contributed by atoms with Crippen molar-refractivity contribution in [2.45, 2.75) is 39.2 Å². The second-order valence-electron chi connectivity index (χ2n) is 5.52. The number of carbonyl (C=O) groups excluding carboxylic acids is 1. The molecule has 1 N–H and O–H groups in total. The van der Waals surface area contributed by atoms with Gasteiger partial charge in [-0.3, -0.25) is 9.69 Å². The van der Waals surface area contributed by atoms with Gasteiger partial charge >= 0.3 is 0 Å². The Kier molecular flexibility index (Phi) is 4.72. The first-order valence-corrected chi connectivity index (χ1v) is 7.07. The molecule has 1 fully saturated rings. The number of aliphatic hydroxyl groups excluding tert-OH is 1. The summed E-state index contributed by atoms with van der Waals surface area (Å²) < 4.78 is 0. The lowest BCUT2D eigenvalue weighted by molar-refractivity contribution is 0.0747. The van der Waals surface area contributed by atoms with Gasteiger partial charge in [0.1, 0.15) is 0 Å². The van der Waals surface area contributed by atoms with Crippen LogP contribution in [0.15, 0.2) is 18.2 Å². The highest BCUT2D eigenvalue weighted by molar-refractivity contribution is 5.99. The van der Waals surface area contributed by atoms with Crippen LogP contribution in [0.2, 0.25) is 0 Å². The van der Waals surface area contributed by atoms with E-state index in [0.29, 0.717) is 19.1 Å². The smallest absolute Gasteiger partial charge is 0.177 e. The molecule has 1 aliphatic rings. The Morgan fingerprint density at radius 3 is 2.63 bits per heavy atom. The average molecular weight is 261 g/mol. The van der Waals surface area contributed by atoms with Gasteiger partial charge < -0.3 is 5.11 Å². The standard InChI is InChI=1S/C16H23NO2/c1-12-6-7-15(13(2)10-12)16(19)11-17(8-9-18)14-4-3-5-14/h6-7,10,14,18H,3-5,8-9,11H2,1-2H3. The molecule has 0 heterocycles. The van der Waals surface area contributed by atoms with Crippen LogP contribution in [0.25, 0.3) is 0 Å². The molecule has 0 atom stereocenters. The lowest BCUT2D eigenvalue weighted by Crippen LogP contribution is -2.44. The molecule has 0 unspecified atom stereocenters. The van der Waals surface area contributed by atoms with Gasteiger partial charge in [0, 0.05) is 18.2 Å². The van der Waals surface area contributed by atoms with E-state index in [9.17, 15) is 4.79 Å². The van der Waals surface area contributed by atoms with E-state index in [1.165, 1.54) is 12.0 Å². The number of carbonyl (C=O) groups is 1. The predicted molar refractivity (Wildman–Crippen MR) is 76.5 cm³/mol. The Balaban J connectivity index is 2.05. The Morgan fingerprint density at radius 1 is 1.37 bits per heavy atom. The molecule has 0 aliphatic heterocycles. The van der Waals surface area contributed by atoms with Crippen LogP contribution < -0.4 is 0 Å². The monoisotopic (exact) mass is 261 g/mol. The van der Waals surface area contributed by atoms with Gasteiger partial charge in [-0.1, -0.05) is 30.2 Å². The Hall–Kier alpha value is -1.19. The number of aliphatic hydroxyl groups is 1. The highest BCUT2D eigenvalue weighted by Gasteiger charge is 2.26. The third-order valence-electron chi connectivity index (χ3n) is 4.01. The fourth-order valence-corrected chi connectivity index (χ4v) is 2.67. The molecule has 104 valence electrons. The number of rotatable bonds is 6. The number of Topliss-reactive ketones (excluding diaryl/α,β-unsaturated/α-hetero) is 1. The molecular formula is C16H23NO2. The van der Waals surface area contributed by atoms with Crippen LogP contribution in [0.4, 0.5) is 0 Å². The molecule has 3 nitrogen and oxygen atoms in total. The number of ketones is 1. The first-order valence-electron chi connectivity index (χ1n) is 7.07. The second-order valence-corrected chi connectivity index (χ2v) is 5.52. The third-order valence-corrected chi connectivity index (χ3v) is 4.01. The number of aryl methyl sites for hydroxylation is 2. The molecule has 0 radical (unpaired) electrons. The minimum atomic E-state index is 0.122. The summed E-state index contributed by atoms with van der Waals surface area (Å²) in [6.07, 6.45) is 3.55. The van der Waals surface area contributed by atoms with Crippen molar-refractivity contribution in [2.75, 3.05) is 19.7 Å². The highest BCUT2D eigenvalue weighted by atomic mass is 16.3. The van der Waals surface area contributed by atoms with Crippen molar-refractivity contribution in [3.05, 3.63) is 34.9 Å². The first kappa shape index (κ1) is 14.2. The zero-order chi connectivity index (χ0) is 13.8. The van der Waals surface area contributed by atoms with Crippen molar-refractivity contribution >= 4 is 5.78 Å². The van der Waals surface area contributed by atoms with E-state index in [1.54, 1.807) is 0 Å². The quantitative estimate of drug-likeness (QED) is 0.799. The zero-order valence-electron chi connectivity index (χ0n) is 11.9. The molecule has 0 saturated heterocycles. The van der Waals surface area contributed by atoms with Gasteiger partial charge in [0.2, 0.25) is 0 Å². The zero-order valence-corrected chi connectivity index (χ0v) is 11.9. The van der Waals surface area contributed by atoms with Crippen molar-refractivity contribution in [2.24, 2.45) is 0 Å². The van der Waals surface area contributed by atoms with E-state index in [4.69, 9.17) is 5.11 Å². The number of hydrogen-bond acceptors (Lipinski definition) is 3. The molecule has 2 rings (SSSR count). The summed E-state index contributed by atoms with van der Waals surface area (Å²) >= 11 is 0. The van der Waals surface area contributed by atoms with E-state index >= 15 is 0 Å². The van der Waals surface area contributed by atoms with Crippen LogP contribution in [-0.2, 0) is 0 Å². The fraction of sp³-hybridized carbons (Fsp3) is 0.562. The number of nitrogens with zero attached hydrogens (tertiary/aromatic N) is 1. The number of hydrogen-bond donors (Lipinski definition) is 1. The molecule has 19 heavy (non-hydrogen) atoms. The summed E-state index contributed by atoms with van der Waals surface area (Å²) in [5, 5.41) is 9.13. The van der Waals surface area contributed by atoms with Gasteiger partial charge in [-0.2, -0.15) is 0 Å². The summed E-state index contributed by atoms with van der Waals surface area (Å²) in [4.78, 5) is 14.5. The highest BCUT2D eigenvalue weighted by Crippen LogP contribution is 2.25. The van der Waals surface area contributed by atoms with E-state index in [2.05, 4.69) is 4.90 Å². The molecule has 0 bridgehead atoms. The van der Waals surface area contributed by atoms with Gasteiger partial charge in [-0.05, 0) is 32.3 Å². The molecule has 3 heteroatoms. The van der Waals surface area contributed by atoms with Crippen molar-refractivity contribution < 1.29 is 9.90 Å². The average Bonchev–Trinajstić information content (AvgIpc) is 2.26. The lowest BCUT2D eigenvalue weighted by Gasteiger charge is -2.36. The second kappa shape index (κ2) is 6.31. The van der Waals surface area contributed by atoms with Crippen LogP contribution >= 0.6 is 0 Å². The minimum Gasteiger partial charge on any atom is -0.395 e. The van der Waals surface area contributed by atoms with Gasteiger partial charge in [0.25, 0.3) is 0 Å². The molecule has 0 amide bonds. The topological polar surface area (TPSA) is 40.5 Å². The maximum atomic E-state index is 12.4. The van der Waals surface area contributed by atoms with Crippen molar-refractivity contribution in [1.82, 2.24) is 4.90 Å². The van der Waals surface area contributed by atoms with Gasteiger partial charge in [0.15, 0.2) is 5.78 Å². The van der Waals surface area contributed by atoms with Crippen molar-refractivity contribution in [1.29, 1.82) is 0 Å². The third kappa shape index (κ3) is 3.43. The SMILES string of the molecule is Cc1ccc(C(=O)CN(CCO)C2CCC2)c(C)c1. The summed E-state index contributed by atoms with van der Waals surface area (Å²) in [7, 11) is 0. The molecule has 1 aliphatic carbocycles. The van der Waals surface area contributed by atoms with Crippen LogP contribution in [0.1, 0.15) is 40.7 Å². The fourth-order valence-electron chi connectivity index (χ4n) is 2.67. The van der Waals surface area contributed by atoms with Crippen molar-refractivity contribution in [3.63, 3.8) is 0 Å². The molecule has 1 saturated carbocycles. The van der Waals surface area contributed by atoms with E-state index < -0.39 is 0 Å². The molecule has 0 spiro atoms. The van der Waals surface area contributed by atoms with Crippen LogP contribution in [-0.4, -0.2) is 41.5 Å². The predicted octanol–water partition coefficient (Wildman–Crippen LogP) is 2.33. The van der Waals surface area contributed by atoms with E-state index in [1.807, 2.05) is 32.0 Å². The Labute approximate surface area is 115 Å². The maximum absolute atomic E-state index is 12.4. The number of benzene rings is 1. The normalized spacial score (nSPS) is 15.6. The maximum Gasteiger partial charge on any atom is 0.177 e. The molecule has 0 aromatic heterocycles. The Bertz CT molecular complexity index is 452. The first-order chi connectivity index (χ1) is 9.11. The summed E-state index contributed by atoms with van der Waals surface area (Å²) in [6.45, 7) is 5.17. The van der Waals surface area contributed by atoms with E-state index in [0.717, 1.165) is 24.0 Å². The lowest BCUT2D eigenvalue weighted by atomic mass is 9.91. The molecular weight excluding hydrogens is 238 g/mol. The summed E-state index contributed by atoms with van der Waals surface area (Å²) in [5.41, 5.74) is 3.04. The summed E-state index contributed by atoms with van der Waals surface area (Å²) in [5.74, 6) is 0.165. The van der Waals surface area contributed by atoms with Gasteiger partial charge in [-0.25, -0.2) is 0 Å². The van der Waals surface area contributed by atoms with Crippen LogP contribution in [0.5, 0.6) is 0 Å². The molecule has 1 aromatic rings. The van der Waals surface area contributed by atoms with Crippen LogP contribution in [0, 0.1) is 13.8 Å². The van der Waals surface area contributed by atoms with Gasteiger partial charge in [-0.15, -0.1) is 0 Å². The van der Waals surface area contributed by atoms with Crippen molar-refractivity contribution in [3.8, 4) is 0 Å². The Morgan fingerprint density at radius 2 is 2.11 bits per heavy atom. The largest absolute Gasteiger partial charge is 0.395 e. The summed E-state index contributed by atoms with van der Waals surface area (Å²) in [6, 6.07) is 6.44. The van der Waals surface area contributed by atoms with Crippen LogP contribution in [0.3, 0.4) is 0 Å². The molecule has 1 aromatic carbocycles.